The van der Waals surface area contributed by atoms with Gasteiger partial charge < -0.3 is 14.8 Å². The van der Waals surface area contributed by atoms with Gasteiger partial charge in [0, 0.05) is 6.54 Å². The molecule has 170 valence electrons. The number of benzene rings is 3. The van der Waals surface area contributed by atoms with Crippen molar-refractivity contribution in [3.05, 3.63) is 83.9 Å². The molecule has 33 heavy (non-hydrogen) atoms. The number of ether oxygens (including phenoxy) is 2. The number of para-hydroxylation sites is 3. The summed E-state index contributed by atoms with van der Waals surface area (Å²) >= 11 is 0. The van der Waals surface area contributed by atoms with Crippen LogP contribution in [-0.4, -0.2) is 39.7 Å². The van der Waals surface area contributed by atoms with E-state index in [4.69, 9.17) is 9.47 Å². The summed E-state index contributed by atoms with van der Waals surface area (Å²) in [5.74, 6) is -0.106. The maximum absolute atomic E-state index is 12.4. The minimum absolute atomic E-state index is 0.254. The molecule has 0 aliphatic carbocycles. The van der Waals surface area contributed by atoms with E-state index in [1.165, 1.54) is 10.4 Å². The van der Waals surface area contributed by atoms with Crippen LogP contribution < -0.4 is 14.4 Å². The van der Waals surface area contributed by atoms with E-state index in [-0.39, 0.29) is 5.56 Å². The Balaban J connectivity index is 1.37. The summed E-state index contributed by atoms with van der Waals surface area (Å²) in [4.78, 5) is 24.8. The van der Waals surface area contributed by atoms with Crippen LogP contribution in [0.3, 0.4) is 0 Å². The SMILES string of the molecule is CS(=O)(=O)N1CCc2cc(C(=O)OCC(=O)Nc3ccccc3Oc3ccccc3)ccc21. The Morgan fingerprint density at radius 3 is 2.48 bits per heavy atom. The fourth-order valence-corrected chi connectivity index (χ4v) is 4.48. The lowest BCUT2D eigenvalue weighted by Crippen LogP contribution is -2.27. The smallest absolute Gasteiger partial charge is 0.338 e. The number of nitrogens with one attached hydrogen (secondary N) is 1. The van der Waals surface area contributed by atoms with E-state index in [9.17, 15) is 18.0 Å². The largest absolute Gasteiger partial charge is 0.455 e. The molecule has 3 aromatic rings. The quantitative estimate of drug-likeness (QED) is 0.534. The van der Waals surface area contributed by atoms with E-state index >= 15 is 0 Å². The molecule has 3 aromatic carbocycles. The minimum Gasteiger partial charge on any atom is -0.455 e. The Labute approximate surface area is 191 Å². The predicted molar refractivity (Wildman–Crippen MR) is 124 cm³/mol. The number of hydrogen-bond acceptors (Lipinski definition) is 6. The van der Waals surface area contributed by atoms with E-state index in [1.807, 2.05) is 18.2 Å². The summed E-state index contributed by atoms with van der Waals surface area (Å²) < 4.78 is 36.0. The average molecular weight is 467 g/mol. The first kappa shape index (κ1) is 22.3. The summed E-state index contributed by atoms with van der Waals surface area (Å²) in [5, 5.41) is 2.69. The Hall–Kier alpha value is -3.85. The zero-order valence-electron chi connectivity index (χ0n) is 17.9. The molecule has 1 aliphatic heterocycles. The van der Waals surface area contributed by atoms with Crippen molar-refractivity contribution in [1.29, 1.82) is 0 Å². The molecule has 0 saturated heterocycles. The van der Waals surface area contributed by atoms with Crippen molar-refractivity contribution in [2.45, 2.75) is 6.42 Å². The number of carbonyl (C=O) groups is 2. The van der Waals surface area contributed by atoms with Crippen LogP contribution in [0, 0.1) is 0 Å². The fourth-order valence-electron chi connectivity index (χ4n) is 3.52. The van der Waals surface area contributed by atoms with Crippen LogP contribution in [0.4, 0.5) is 11.4 Å². The van der Waals surface area contributed by atoms with E-state index in [0.29, 0.717) is 35.8 Å². The van der Waals surface area contributed by atoms with Crippen molar-refractivity contribution < 1.29 is 27.5 Å². The zero-order chi connectivity index (χ0) is 23.4. The number of nitrogens with zero attached hydrogens (tertiary/aromatic N) is 1. The zero-order valence-corrected chi connectivity index (χ0v) is 18.7. The molecule has 0 aromatic heterocycles. The number of anilines is 2. The topological polar surface area (TPSA) is 102 Å². The molecule has 0 saturated carbocycles. The lowest BCUT2D eigenvalue weighted by atomic mass is 10.1. The van der Waals surface area contributed by atoms with Crippen molar-refractivity contribution >= 4 is 33.3 Å². The molecule has 9 heteroatoms. The van der Waals surface area contributed by atoms with Crippen LogP contribution in [0.5, 0.6) is 11.5 Å². The van der Waals surface area contributed by atoms with Crippen molar-refractivity contribution in [3.63, 3.8) is 0 Å². The van der Waals surface area contributed by atoms with Gasteiger partial charge in [0.25, 0.3) is 5.91 Å². The number of rotatable bonds is 7. The van der Waals surface area contributed by atoms with Gasteiger partial charge in [0.2, 0.25) is 10.0 Å². The summed E-state index contributed by atoms with van der Waals surface area (Å²) in [7, 11) is -3.37. The first-order valence-corrected chi connectivity index (χ1v) is 12.1. The maximum atomic E-state index is 12.4. The summed E-state index contributed by atoms with van der Waals surface area (Å²) in [6, 6.07) is 20.8. The van der Waals surface area contributed by atoms with Crippen LogP contribution in [0.15, 0.2) is 72.8 Å². The Bertz CT molecular complexity index is 1290. The highest BCUT2D eigenvalue weighted by molar-refractivity contribution is 7.92. The molecule has 0 unspecified atom stereocenters. The van der Waals surface area contributed by atoms with Gasteiger partial charge in [0.15, 0.2) is 12.4 Å². The maximum Gasteiger partial charge on any atom is 0.338 e. The molecule has 1 amide bonds. The van der Waals surface area contributed by atoms with Gasteiger partial charge in [-0.15, -0.1) is 0 Å². The van der Waals surface area contributed by atoms with Crippen LogP contribution >= 0.6 is 0 Å². The van der Waals surface area contributed by atoms with Crippen molar-refractivity contribution in [2.75, 3.05) is 29.0 Å². The Kier molecular flexibility index (Phi) is 6.32. The third-order valence-electron chi connectivity index (χ3n) is 5.03. The third kappa shape index (κ3) is 5.32. The molecule has 0 atom stereocenters. The normalized spacial score (nSPS) is 12.7. The van der Waals surface area contributed by atoms with Gasteiger partial charge in [-0.2, -0.15) is 0 Å². The molecular formula is C24H22N2O6S. The van der Waals surface area contributed by atoms with Gasteiger partial charge in [0.1, 0.15) is 5.75 Å². The summed E-state index contributed by atoms with van der Waals surface area (Å²) in [5.41, 5.74) is 2.00. The standard InChI is InChI=1S/C24H22N2O6S/c1-33(29,30)26-14-13-17-15-18(11-12-21(17)26)24(28)31-16-23(27)25-20-9-5-6-10-22(20)32-19-7-3-2-4-8-19/h2-12,15H,13-14,16H2,1H3,(H,25,27). The molecule has 0 bridgehead atoms. The number of amides is 1. The molecule has 4 rings (SSSR count). The number of esters is 1. The molecule has 1 aliphatic rings. The van der Waals surface area contributed by atoms with E-state index < -0.39 is 28.5 Å². The third-order valence-corrected chi connectivity index (χ3v) is 6.21. The molecular weight excluding hydrogens is 444 g/mol. The van der Waals surface area contributed by atoms with Crippen LogP contribution in [-0.2, 0) is 26.0 Å². The highest BCUT2D eigenvalue weighted by Gasteiger charge is 2.27. The highest BCUT2D eigenvalue weighted by atomic mass is 32.2. The number of hydrogen-bond donors (Lipinski definition) is 1. The summed E-state index contributed by atoms with van der Waals surface area (Å²) in [6.07, 6.45) is 1.65. The number of fused-ring (bicyclic) bond motifs is 1. The Morgan fingerprint density at radius 2 is 1.73 bits per heavy atom. The van der Waals surface area contributed by atoms with Crippen LogP contribution in [0.25, 0.3) is 0 Å². The van der Waals surface area contributed by atoms with Gasteiger partial charge in [-0.25, -0.2) is 13.2 Å². The number of sulfonamides is 1. The number of carbonyl (C=O) groups excluding carboxylic acids is 2. The van der Waals surface area contributed by atoms with Crippen LogP contribution in [0.1, 0.15) is 15.9 Å². The lowest BCUT2D eigenvalue weighted by Gasteiger charge is -2.16. The van der Waals surface area contributed by atoms with E-state index in [2.05, 4.69) is 5.32 Å². The highest BCUT2D eigenvalue weighted by Crippen LogP contribution is 2.31. The monoisotopic (exact) mass is 466 g/mol. The molecule has 1 N–H and O–H groups in total. The Morgan fingerprint density at radius 1 is 1.00 bits per heavy atom. The first-order valence-electron chi connectivity index (χ1n) is 10.2. The average Bonchev–Trinajstić information content (AvgIpc) is 3.23. The first-order chi connectivity index (χ1) is 15.8. The van der Waals surface area contributed by atoms with Crippen molar-refractivity contribution in [2.24, 2.45) is 0 Å². The second-order valence-electron chi connectivity index (χ2n) is 7.46. The molecule has 8 nitrogen and oxygen atoms in total. The van der Waals surface area contributed by atoms with Crippen LogP contribution in [0.2, 0.25) is 0 Å². The minimum atomic E-state index is -3.37. The molecule has 0 spiro atoms. The molecule has 1 heterocycles. The summed E-state index contributed by atoms with van der Waals surface area (Å²) in [6.45, 7) is -0.148. The van der Waals surface area contributed by atoms with Crippen molar-refractivity contribution in [1.82, 2.24) is 0 Å². The van der Waals surface area contributed by atoms with Gasteiger partial charge in [-0.3, -0.25) is 9.10 Å². The van der Waals surface area contributed by atoms with E-state index in [1.54, 1.807) is 48.5 Å². The predicted octanol–water partition coefficient (Wildman–Crippen LogP) is 3.60. The molecule has 0 fully saturated rings. The second kappa shape index (κ2) is 9.33. The van der Waals surface area contributed by atoms with Gasteiger partial charge in [0.05, 0.1) is 23.2 Å². The van der Waals surface area contributed by atoms with E-state index in [0.717, 1.165) is 11.8 Å². The van der Waals surface area contributed by atoms with Gasteiger partial charge >= 0.3 is 5.97 Å². The van der Waals surface area contributed by atoms with Gasteiger partial charge in [-0.05, 0) is 54.4 Å². The van der Waals surface area contributed by atoms with Gasteiger partial charge in [-0.1, -0.05) is 30.3 Å². The lowest BCUT2D eigenvalue weighted by molar-refractivity contribution is -0.119. The van der Waals surface area contributed by atoms with Crippen molar-refractivity contribution in [3.8, 4) is 11.5 Å². The second-order valence-corrected chi connectivity index (χ2v) is 9.37. The fraction of sp³-hybridized carbons (Fsp3) is 0.167. The molecule has 0 radical (unpaired) electrons.